The van der Waals surface area contributed by atoms with Crippen molar-refractivity contribution in [2.75, 3.05) is 12.4 Å². The molecule has 2 aromatic heterocycles. The van der Waals surface area contributed by atoms with E-state index in [9.17, 15) is 4.79 Å². The van der Waals surface area contributed by atoms with Crippen molar-refractivity contribution in [1.29, 1.82) is 0 Å². The quantitative estimate of drug-likeness (QED) is 0.390. The minimum atomic E-state index is -0.239. The lowest BCUT2D eigenvalue weighted by Gasteiger charge is -2.22. The van der Waals surface area contributed by atoms with E-state index in [-0.39, 0.29) is 12.0 Å². The summed E-state index contributed by atoms with van der Waals surface area (Å²) in [5.74, 6) is 1.35. The number of benzene rings is 2. The molecule has 172 valence electrons. The Morgan fingerprint density at radius 1 is 1.09 bits per heavy atom. The van der Waals surface area contributed by atoms with Crippen LogP contribution in [0.4, 0.5) is 5.13 Å². The molecule has 1 aliphatic carbocycles. The van der Waals surface area contributed by atoms with Gasteiger partial charge >= 0.3 is 0 Å². The zero-order valence-electron chi connectivity index (χ0n) is 19.1. The Kier molecular flexibility index (Phi) is 6.27. The van der Waals surface area contributed by atoms with E-state index in [0.717, 1.165) is 52.4 Å². The van der Waals surface area contributed by atoms with Crippen LogP contribution in [0.15, 0.2) is 66.9 Å². The highest BCUT2D eigenvalue weighted by Gasteiger charge is 2.25. The zero-order valence-corrected chi connectivity index (χ0v) is 19.9. The van der Waals surface area contributed by atoms with Crippen LogP contribution in [0, 0.1) is 6.92 Å². The molecule has 7 heteroatoms. The number of carbonyl (C=O) groups is 1. The van der Waals surface area contributed by atoms with Gasteiger partial charge in [0.1, 0.15) is 17.6 Å². The average molecular weight is 472 g/mol. The van der Waals surface area contributed by atoms with Gasteiger partial charge in [0, 0.05) is 34.3 Å². The number of hydrogen-bond acceptors (Lipinski definition) is 6. The van der Waals surface area contributed by atoms with Gasteiger partial charge in [0.2, 0.25) is 0 Å². The summed E-state index contributed by atoms with van der Waals surface area (Å²) < 4.78 is 11.7. The van der Waals surface area contributed by atoms with Crippen LogP contribution in [0.2, 0.25) is 0 Å². The van der Waals surface area contributed by atoms with Gasteiger partial charge in [-0.1, -0.05) is 36.4 Å². The lowest BCUT2D eigenvalue weighted by Crippen LogP contribution is -2.24. The lowest BCUT2D eigenvalue weighted by molar-refractivity contribution is 0.102. The monoisotopic (exact) mass is 471 g/mol. The topological polar surface area (TPSA) is 73.3 Å². The molecular formula is C27H25N3O3S. The van der Waals surface area contributed by atoms with Crippen molar-refractivity contribution in [2.24, 2.45) is 0 Å². The molecule has 1 atom stereocenters. The first kappa shape index (κ1) is 22.1. The van der Waals surface area contributed by atoms with E-state index in [2.05, 4.69) is 10.3 Å². The number of para-hydroxylation sites is 2. The van der Waals surface area contributed by atoms with Gasteiger partial charge in [-0.15, -0.1) is 11.3 Å². The predicted molar refractivity (Wildman–Crippen MR) is 134 cm³/mol. The summed E-state index contributed by atoms with van der Waals surface area (Å²) in [4.78, 5) is 23.5. The summed E-state index contributed by atoms with van der Waals surface area (Å²) in [6, 6.07) is 19.5. The van der Waals surface area contributed by atoms with Crippen LogP contribution in [0.5, 0.6) is 11.5 Å². The fourth-order valence-electron chi connectivity index (χ4n) is 4.19. The molecule has 1 aliphatic rings. The van der Waals surface area contributed by atoms with Gasteiger partial charge in [-0.2, -0.15) is 0 Å². The summed E-state index contributed by atoms with van der Waals surface area (Å²) in [7, 11) is 1.63. The standard InChI is InChI=1S/C27H25N3O3S/c1-17-14-21(20-10-6-7-11-24(20)32-2)22(16-28-17)26(31)30-27-29-23-13-12-19(15-25(23)34-27)33-18-8-4-3-5-9-18/h3-11,14,16,19H,12-13,15H2,1-2H3,(H,29,30,31). The summed E-state index contributed by atoms with van der Waals surface area (Å²) in [6.45, 7) is 1.91. The third-order valence-corrected chi connectivity index (χ3v) is 6.88. The molecule has 4 aromatic rings. The highest BCUT2D eigenvalue weighted by Crippen LogP contribution is 2.34. The summed E-state index contributed by atoms with van der Waals surface area (Å²) >= 11 is 1.52. The highest BCUT2D eigenvalue weighted by atomic mass is 32.1. The van der Waals surface area contributed by atoms with Gasteiger partial charge in [-0.3, -0.25) is 15.1 Å². The second-order valence-corrected chi connectivity index (χ2v) is 9.29. The minimum absolute atomic E-state index is 0.109. The Bertz CT molecular complexity index is 1320. The molecule has 0 bridgehead atoms. The number of carbonyl (C=O) groups excluding carboxylic acids is 1. The van der Waals surface area contributed by atoms with E-state index >= 15 is 0 Å². The number of hydrogen-bond donors (Lipinski definition) is 1. The first-order valence-electron chi connectivity index (χ1n) is 11.2. The molecule has 0 fully saturated rings. The largest absolute Gasteiger partial charge is 0.496 e. The van der Waals surface area contributed by atoms with Crippen LogP contribution in [0.25, 0.3) is 11.1 Å². The number of fused-ring (bicyclic) bond motifs is 1. The van der Waals surface area contributed by atoms with Crippen LogP contribution in [0.3, 0.4) is 0 Å². The van der Waals surface area contributed by atoms with Crippen molar-refractivity contribution in [3.63, 3.8) is 0 Å². The summed E-state index contributed by atoms with van der Waals surface area (Å²) in [5, 5.41) is 3.59. The SMILES string of the molecule is COc1ccccc1-c1cc(C)ncc1C(=O)Nc1nc2c(s1)CC(Oc1ccccc1)CC2. The summed E-state index contributed by atoms with van der Waals surface area (Å²) in [6.07, 6.45) is 4.24. The minimum Gasteiger partial charge on any atom is -0.496 e. The van der Waals surface area contributed by atoms with Gasteiger partial charge in [0.05, 0.1) is 18.4 Å². The van der Waals surface area contributed by atoms with Crippen molar-refractivity contribution >= 4 is 22.4 Å². The van der Waals surface area contributed by atoms with Crippen LogP contribution >= 0.6 is 11.3 Å². The Balaban J connectivity index is 1.35. The van der Waals surface area contributed by atoms with Crippen LogP contribution < -0.4 is 14.8 Å². The number of aromatic nitrogens is 2. The van der Waals surface area contributed by atoms with Crippen LogP contribution in [-0.2, 0) is 12.8 Å². The van der Waals surface area contributed by atoms with Gasteiger partial charge in [0.15, 0.2) is 5.13 Å². The number of amides is 1. The Hall–Kier alpha value is -3.71. The second kappa shape index (κ2) is 9.65. The van der Waals surface area contributed by atoms with Gasteiger partial charge < -0.3 is 9.47 Å². The van der Waals surface area contributed by atoms with Crippen LogP contribution in [0.1, 0.15) is 33.0 Å². The molecule has 0 aliphatic heterocycles. The molecule has 34 heavy (non-hydrogen) atoms. The van der Waals surface area contributed by atoms with E-state index in [1.165, 1.54) is 11.3 Å². The maximum atomic E-state index is 13.3. The fraction of sp³-hybridized carbons (Fsp3) is 0.222. The molecule has 2 heterocycles. The molecule has 5 rings (SSSR count). The number of anilines is 1. The van der Waals surface area contributed by atoms with Gasteiger partial charge in [-0.05, 0) is 44.0 Å². The molecule has 0 radical (unpaired) electrons. The molecule has 1 N–H and O–H groups in total. The van der Waals surface area contributed by atoms with Crippen molar-refractivity contribution in [3.8, 4) is 22.6 Å². The van der Waals surface area contributed by atoms with Crippen molar-refractivity contribution in [2.45, 2.75) is 32.3 Å². The number of aryl methyl sites for hydroxylation is 2. The maximum Gasteiger partial charge on any atom is 0.259 e. The second-order valence-electron chi connectivity index (χ2n) is 8.21. The number of nitrogens with zero attached hydrogens (tertiary/aromatic N) is 2. The van der Waals surface area contributed by atoms with E-state index in [0.29, 0.717) is 16.4 Å². The summed E-state index contributed by atoms with van der Waals surface area (Å²) in [5.41, 5.74) is 3.97. The lowest BCUT2D eigenvalue weighted by atomic mass is 9.99. The molecule has 6 nitrogen and oxygen atoms in total. The van der Waals surface area contributed by atoms with Crippen molar-refractivity contribution < 1.29 is 14.3 Å². The Morgan fingerprint density at radius 2 is 1.88 bits per heavy atom. The number of pyridine rings is 1. The average Bonchev–Trinajstić information content (AvgIpc) is 3.26. The molecule has 1 amide bonds. The van der Waals surface area contributed by atoms with E-state index in [1.54, 1.807) is 13.3 Å². The van der Waals surface area contributed by atoms with Crippen molar-refractivity contribution in [3.05, 3.63) is 88.7 Å². The Labute approximate surface area is 202 Å². The predicted octanol–water partition coefficient (Wildman–Crippen LogP) is 5.71. The first-order valence-corrected chi connectivity index (χ1v) is 12.0. The molecular weight excluding hydrogens is 446 g/mol. The van der Waals surface area contributed by atoms with Crippen molar-refractivity contribution in [1.82, 2.24) is 9.97 Å². The molecule has 0 saturated heterocycles. The fourth-order valence-corrected chi connectivity index (χ4v) is 5.25. The molecule has 2 aromatic carbocycles. The number of nitrogens with one attached hydrogen (secondary N) is 1. The number of thiazole rings is 1. The number of rotatable bonds is 6. The van der Waals surface area contributed by atoms with E-state index in [4.69, 9.17) is 14.5 Å². The highest BCUT2D eigenvalue weighted by molar-refractivity contribution is 7.15. The van der Waals surface area contributed by atoms with E-state index < -0.39 is 0 Å². The smallest absolute Gasteiger partial charge is 0.259 e. The maximum absolute atomic E-state index is 13.3. The first-order chi connectivity index (χ1) is 16.6. The van der Waals surface area contributed by atoms with Gasteiger partial charge in [-0.25, -0.2) is 4.98 Å². The third-order valence-electron chi connectivity index (χ3n) is 5.84. The number of ether oxygens (including phenoxy) is 2. The zero-order chi connectivity index (χ0) is 23.5. The number of methoxy groups -OCH3 is 1. The molecule has 0 saturated carbocycles. The van der Waals surface area contributed by atoms with E-state index in [1.807, 2.05) is 67.6 Å². The third kappa shape index (κ3) is 4.65. The molecule has 0 spiro atoms. The normalized spacial score (nSPS) is 14.8. The molecule has 1 unspecified atom stereocenters. The van der Waals surface area contributed by atoms with Gasteiger partial charge in [0.25, 0.3) is 5.91 Å². The Morgan fingerprint density at radius 3 is 2.71 bits per heavy atom. The van der Waals surface area contributed by atoms with Crippen LogP contribution in [-0.4, -0.2) is 29.1 Å².